The van der Waals surface area contributed by atoms with Crippen molar-refractivity contribution in [3.05, 3.63) is 0 Å². The van der Waals surface area contributed by atoms with Gasteiger partial charge < -0.3 is 21.3 Å². The van der Waals surface area contributed by atoms with E-state index in [1.54, 1.807) is 0 Å². The van der Waals surface area contributed by atoms with Gasteiger partial charge in [-0.1, -0.05) is 27.7 Å². The predicted molar refractivity (Wildman–Crippen MR) is 103 cm³/mol. The van der Waals surface area contributed by atoms with Crippen LogP contribution < -0.4 is 16.4 Å². The fourth-order valence-corrected chi connectivity index (χ4v) is 3.81. The van der Waals surface area contributed by atoms with Gasteiger partial charge in [0.1, 0.15) is 11.6 Å². The van der Waals surface area contributed by atoms with Crippen molar-refractivity contribution in [2.24, 2.45) is 17.1 Å². The summed E-state index contributed by atoms with van der Waals surface area (Å²) in [5.74, 6) is -1.93. The summed E-state index contributed by atoms with van der Waals surface area (Å²) in [4.78, 5) is 52.2. The van der Waals surface area contributed by atoms with E-state index in [2.05, 4.69) is 10.6 Å². The molecule has 0 aromatic heterocycles. The van der Waals surface area contributed by atoms with Crippen molar-refractivity contribution in [2.45, 2.75) is 83.5 Å². The number of rotatable bonds is 6. The summed E-state index contributed by atoms with van der Waals surface area (Å²) in [5.41, 5.74) is 4.56. The third-order valence-electron chi connectivity index (χ3n) is 6.22. The normalized spacial score (nSPS) is 30.5. The maximum atomic E-state index is 13.0. The number of nitrogens with one attached hydrogen (secondary N) is 2. The lowest BCUT2D eigenvalue weighted by molar-refractivity contribution is -0.144. The summed E-state index contributed by atoms with van der Waals surface area (Å²) < 4.78 is 0. The molecule has 1 heterocycles. The Balaban J connectivity index is 1.67. The molecule has 8 nitrogen and oxygen atoms in total. The van der Waals surface area contributed by atoms with Crippen molar-refractivity contribution >= 4 is 23.5 Å². The molecule has 2 aliphatic carbocycles. The topological polar surface area (TPSA) is 122 Å². The number of carbonyl (C=O) groups excluding carboxylic acids is 4. The van der Waals surface area contributed by atoms with Gasteiger partial charge in [-0.25, -0.2) is 0 Å². The van der Waals surface area contributed by atoms with Crippen molar-refractivity contribution in [1.29, 1.82) is 0 Å². The van der Waals surface area contributed by atoms with Crippen LogP contribution in [-0.4, -0.2) is 58.6 Å². The van der Waals surface area contributed by atoms with Crippen LogP contribution in [0.4, 0.5) is 0 Å². The van der Waals surface area contributed by atoms with Crippen LogP contribution in [0.25, 0.3) is 0 Å². The standard InChI is InChI=1S/C20H32N4O4/c1-11-10-20(11,15(25)17(27)22-12-7-8-12)23-16(26)13-6-5-9-24(13)18(28)14(21)19(2,3)4/h11-14H,5-10,21H2,1-4H3,(H,22,27)(H,23,26)/t11-,13+,14-,20+/m1/s1. The monoisotopic (exact) mass is 392 g/mol. The highest BCUT2D eigenvalue weighted by atomic mass is 16.2. The van der Waals surface area contributed by atoms with Crippen molar-refractivity contribution in [3.63, 3.8) is 0 Å². The van der Waals surface area contributed by atoms with Crippen LogP contribution in [-0.2, 0) is 19.2 Å². The second-order valence-corrected chi connectivity index (χ2v) is 9.68. The number of likely N-dealkylation sites (tertiary alicyclic amines) is 1. The van der Waals surface area contributed by atoms with E-state index < -0.39 is 34.7 Å². The maximum absolute atomic E-state index is 13.0. The number of Topliss-reactive ketones (excluding diaryl/α,β-unsaturated/α-hetero) is 1. The van der Waals surface area contributed by atoms with E-state index in [4.69, 9.17) is 5.73 Å². The summed E-state index contributed by atoms with van der Waals surface area (Å²) in [6.45, 7) is 7.98. The molecule has 4 atom stereocenters. The Morgan fingerprint density at radius 2 is 1.75 bits per heavy atom. The van der Waals surface area contributed by atoms with Gasteiger partial charge in [-0.2, -0.15) is 0 Å². The Hall–Kier alpha value is -1.96. The van der Waals surface area contributed by atoms with E-state index in [-0.39, 0.29) is 23.8 Å². The van der Waals surface area contributed by atoms with E-state index >= 15 is 0 Å². The van der Waals surface area contributed by atoms with E-state index in [9.17, 15) is 19.2 Å². The Labute approximate surface area is 166 Å². The molecule has 3 amide bonds. The first-order valence-electron chi connectivity index (χ1n) is 10.2. The SMILES string of the molecule is C[C@@H]1C[C@@]1(NC(=O)[C@@H]1CCCN1C(=O)[C@@H](N)C(C)(C)C)C(=O)C(=O)NC1CC1. The lowest BCUT2D eigenvalue weighted by atomic mass is 9.86. The first-order valence-corrected chi connectivity index (χ1v) is 10.2. The molecule has 156 valence electrons. The second-order valence-electron chi connectivity index (χ2n) is 9.68. The molecule has 0 bridgehead atoms. The van der Waals surface area contributed by atoms with E-state index in [1.165, 1.54) is 4.90 Å². The Morgan fingerprint density at radius 3 is 2.25 bits per heavy atom. The molecule has 4 N–H and O–H groups in total. The zero-order valence-electron chi connectivity index (χ0n) is 17.2. The third-order valence-corrected chi connectivity index (χ3v) is 6.22. The van der Waals surface area contributed by atoms with E-state index in [0.717, 1.165) is 12.8 Å². The van der Waals surface area contributed by atoms with Crippen LogP contribution in [0, 0.1) is 11.3 Å². The molecule has 0 radical (unpaired) electrons. The van der Waals surface area contributed by atoms with Crippen LogP contribution in [0.5, 0.6) is 0 Å². The number of ketones is 1. The number of carbonyl (C=O) groups is 4. The molecule has 8 heteroatoms. The molecule has 0 aromatic carbocycles. The lowest BCUT2D eigenvalue weighted by Gasteiger charge is -2.33. The number of hydrogen-bond donors (Lipinski definition) is 3. The van der Waals surface area contributed by atoms with Crippen molar-refractivity contribution in [2.75, 3.05) is 6.54 Å². The Bertz CT molecular complexity index is 697. The van der Waals surface area contributed by atoms with Gasteiger partial charge in [-0.15, -0.1) is 0 Å². The highest BCUT2D eigenvalue weighted by Crippen LogP contribution is 2.44. The lowest BCUT2D eigenvalue weighted by Crippen LogP contribution is -2.58. The third kappa shape index (κ3) is 3.92. The van der Waals surface area contributed by atoms with Crippen LogP contribution >= 0.6 is 0 Å². The number of nitrogens with zero attached hydrogens (tertiary/aromatic N) is 1. The molecule has 2 saturated carbocycles. The molecule has 1 saturated heterocycles. The van der Waals surface area contributed by atoms with Crippen LogP contribution in [0.3, 0.4) is 0 Å². The molecule has 3 fully saturated rings. The van der Waals surface area contributed by atoms with Gasteiger partial charge in [0.2, 0.25) is 17.6 Å². The van der Waals surface area contributed by atoms with Gasteiger partial charge in [-0.3, -0.25) is 19.2 Å². The minimum Gasteiger partial charge on any atom is -0.347 e. The average molecular weight is 393 g/mol. The first kappa shape index (κ1) is 20.8. The van der Waals surface area contributed by atoms with Gasteiger partial charge >= 0.3 is 0 Å². The molecule has 3 aliphatic rings. The van der Waals surface area contributed by atoms with E-state index in [1.807, 2.05) is 27.7 Å². The largest absolute Gasteiger partial charge is 0.347 e. The predicted octanol–water partition coefficient (Wildman–Crippen LogP) is 0.0933. The number of amides is 3. The van der Waals surface area contributed by atoms with Gasteiger partial charge in [0, 0.05) is 12.6 Å². The molecule has 3 rings (SSSR count). The molecule has 1 aliphatic heterocycles. The Kier molecular flexibility index (Phi) is 5.29. The van der Waals surface area contributed by atoms with Crippen LogP contribution in [0.1, 0.15) is 59.8 Å². The van der Waals surface area contributed by atoms with Crippen molar-refractivity contribution in [1.82, 2.24) is 15.5 Å². The zero-order chi connectivity index (χ0) is 20.9. The molecular weight excluding hydrogens is 360 g/mol. The molecule has 0 aromatic rings. The summed E-state index contributed by atoms with van der Waals surface area (Å²) in [6, 6.07) is -1.27. The van der Waals surface area contributed by atoms with Crippen LogP contribution in [0.2, 0.25) is 0 Å². The highest BCUT2D eigenvalue weighted by Gasteiger charge is 2.61. The average Bonchev–Trinajstić information content (AvgIpc) is 3.48. The molecule has 28 heavy (non-hydrogen) atoms. The van der Waals surface area contributed by atoms with Crippen molar-refractivity contribution < 1.29 is 19.2 Å². The second kappa shape index (κ2) is 7.13. The van der Waals surface area contributed by atoms with Gasteiger partial charge in [0.25, 0.3) is 5.91 Å². The summed E-state index contributed by atoms with van der Waals surface area (Å²) >= 11 is 0. The van der Waals surface area contributed by atoms with Crippen molar-refractivity contribution in [3.8, 4) is 0 Å². The number of nitrogens with two attached hydrogens (primary N) is 1. The zero-order valence-corrected chi connectivity index (χ0v) is 17.2. The van der Waals surface area contributed by atoms with Crippen LogP contribution in [0.15, 0.2) is 0 Å². The summed E-state index contributed by atoms with van der Waals surface area (Å²) in [5, 5.41) is 5.51. The van der Waals surface area contributed by atoms with E-state index in [0.29, 0.717) is 25.8 Å². The van der Waals surface area contributed by atoms with Gasteiger partial charge in [0.05, 0.1) is 6.04 Å². The molecular formula is C20H32N4O4. The smallest absolute Gasteiger partial charge is 0.290 e. The molecule has 0 spiro atoms. The Morgan fingerprint density at radius 1 is 1.14 bits per heavy atom. The fourth-order valence-electron chi connectivity index (χ4n) is 3.81. The van der Waals surface area contributed by atoms with Gasteiger partial charge in [-0.05, 0) is 43.4 Å². The maximum Gasteiger partial charge on any atom is 0.290 e. The number of hydrogen-bond acceptors (Lipinski definition) is 5. The summed E-state index contributed by atoms with van der Waals surface area (Å²) in [6.07, 6.45) is 3.46. The quantitative estimate of drug-likeness (QED) is 0.553. The molecule has 0 unspecified atom stereocenters. The van der Waals surface area contributed by atoms with Gasteiger partial charge in [0.15, 0.2) is 0 Å². The minimum atomic E-state index is -1.14. The fraction of sp³-hybridized carbons (Fsp3) is 0.800. The highest BCUT2D eigenvalue weighted by molar-refractivity contribution is 6.41. The first-order chi connectivity index (χ1) is 13.0. The minimum absolute atomic E-state index is 0.0834. The summed E-state index contributed by atoms with van der Waals surface area (Å²) in [7, 11) is 0.